The van der Waals surface area contributed by atoms with Gasteiger partial charge >= 0.3 is 0 Å². The van der Waals surface area contributed by atoms with Crippen molar-refractivity contribution in [3.05, 3.63) is 34.5 Å². The van der Waals surface area contributed by atoms with Gasteiger partial charge < -0.3 is 10.1 Å². The zero-order valence-electron chi connectivity index (χ0n) is 11.5. The molecule has 0 radical (unpaired) electrons. The van der Waals surface area contributed by atoms with Gasteiger partial charge in [0.2, 0.25) is 5.88 Å². The molecule has 2 aromatic rings. The third-order valence-electron chi connectivity index (χ3n) is 3.58. The van der Waals surface area contributed by atoms with E-state index >= 15 is 0 Å². The second kappa shape index (κ2) is 6.01. The molecule has 0 amide bonds. The molecular formula is C14H16N4O3. The Balaban J connectivity index is 1.71. The summed E-state index contributed by atoms with van der Waals surface area (Å²) in [5, 5.41) is 14.1. The highest BCUT2D eigenvalue weighted by Crippen LogP contribution is 2.20. The molecule has 0 saturated carbocycles. The van der Waals surface area contributed by atoms with Crippen LogP contribution in [0.1, 0.15) is 12.8 Å². The van der Waals surface area contributed by atoms with Gasteiger partial charge in [-0.25, -0.2) is 9.97 Å². The molecule has 1 aromatic carbocycles. The van der Waals surface area contributed by atoms with Gasteiger partial charge in [0, 0.05) is 24.6 Å². The van der Waals surface area contributed by atoms with Crippen molar-refractivity contribution in [1.29, 1.82) is 0 Å². The molecule has 1 aromatic heterocycles. The largest absolute Gasteiger partial charge is 0.476 e. The molecule has 0 spiro atoms. The van der Waals surface area contributed by atoms with Crippen LogP contribution in [-0.2, 0) is 0 Å². The predicted molar refractivity (Wildman–Crippen MR) is 77.3 cm³/mol. The molecule has 1 saturated heterocycles. The smallest absolute Gasteiger partial charge is 0.271 e. The fraction of sp³-hybridized carbons (Fsp3) is 0.429. The molecule has 0 aliphatic carbocycles. The summed E-state index contributed by atoms with van der Waals surface area (Å²) in [7, 11) is 0. The predicted octanol–water partition coefficient (Wildman–Crippen LogP) is 1.92. The van der Waals surface area contributed by atoms with Crippen molar-refractivity contribution in [3.8, 4) is 5.88 Å². The number of nitro groups is 1. The van der Waals surface area contributed by atoms with Crippen LogP contribution in [0.5, 0.6) is 5.88 Å². The topological polar surface area (TPSA) is 90.2 Å². The molecule has 1 aliphatic heterocycles. The van der Waals surface area contributed by atoms with Crippen LogP contribution in [0.15, 0.2) is 24.4 Å². The van der Waals surface area contributed by atoms with Crippen LogP contribution in [0.2, 0.25) is 0 Å². The van der Waals surface area contributed by atoms with E-state index in [9.17, 15) is 10.1 Å². The normalized spacial score (nSPS) is 18.6. The van der Waals surface area contributed by atoms with Gasteiger partial charge in [0.1, 0.15) is 0 Å². The lowest BCUT2D eigenvalue weighted by Crippen LogP contribution is -2.33. The lowest BCUT2D eigenvalue weighted by atomic mass is 10.0. The average molecular weight is 288 g/mol. The van der Waals surface area contributed by atoms with Gasteiger partial charge in [0.05, 0.1) is 28.8 Å². The lowest BCUT2D eigenvalue weighted by molar-refractivity contribution is -0.384. The Morgan fingerprint density at radius 1 is 1.43 bits per heavy atom. The molecule has 1 atom stereocenters. The number of fused-ring (bicyclic) bond motifs is 1. The summed E-state index contributed by atoms with van der Waals surface area (Å²) in [6, 6.07) is 4.43. The van der Waals surface area contributed by atoms with Gasteiger partial charge in [-0.05, 0) is 25.5 Å². The van der Waals surface area contributed by atoms with Crippen LogP contribution >= 0.6 is 0 Å². The first kappa shape index (κ1) is 13.7. The molecule has 7 nitrogen and oxygen atoms in total. The summed E-state index contributed by atoms with van der Waals surface area (Å²) in [4.78, 5) is 18.8. The summed E-state index contributed by atoms with van der Waals surface area (Å²) in [5.74, 6) is 0.954. The Hall–Kier alpha value is -2.28. The molecule has 1 N–H and O–H groups in total. The van der Waals surface area contributed by atoms with Crippen LogP contribution in [0.4, 0.5) is 5.69 Å². The number of nitro benzene ring substituents is 1. The first-order valence-corrected chi connectivity index (χ1v) is 6.97. The van der Waals surface area contributed by atoms with E-state index in [4.69, 9.17) is 4.74 Å². The molecule has 2 heterocycles. The highest BCUT2D eigenvalue weighted by Gasteiger charge is 2.14. The molecule has 1 fully saturated rings. The molecular weight excluding hydrogens is 272 g/mol. The number of hydrogen-bond donors (Lipinski definition) is 1. The number of rotatable bonds is 4. The van der Waals surface area contributed by atoms with Gasteiger partial charge in [0.25, 0.3) is 5.69 Å². The number of nitrogens with zero attached hydrogens (tertiary/aromatic N) is 3. The molecule has 110 valence electrons. The van der Waals surface area contributed by atoms with E-state index in [1.165, 1.54) is 24.8 Å². The highest BCUT2D eigenvalue weighted by molar-refractivity contribution is 5.77. The standard InChI is InChI=1S/C14H16N4O3/c19-18(20)11-3-4-12-13(6-11)16-8-14(17-12)21-9-10-2-1-5-15-7-10/h3-4,6,8,10,15H,1-2,5,7,9H2/t10-/m1/s1. The quantitative estimate of drug-likeness (QED) is 0.682. The minimum absolute atomic E-state index is 0.0127. The van der Waals surface area contributed by atoms with Crippen LogP contribution in [0, 0.1) is 16.0 Å². The lowest BCUT2D eigenvalue weighted by Gasteiger charge is -2.22. The van der Waals surface area contributed by atoms with Crippen molar-refractivity contribution < 1.29 is 9.66 Å². The van der Waals surface area contributed by atoms with Gasteiger partial charge in [-0.3, -0.25) is 10.1 Å². The molecule has 0 bridgehead atoms. The minimum atomic E-state index is -0.443. The van der Waals surface area contributed by atoms with E-state index in [-0.39, 0.29) is 5.69 Å². The van der Waals surface area contributed by atoms with Crippen molar-refractivity contribution in [2.24, 2.45) is 5.92 Å². The second-order valence-electron chi connectivity index (χ2n) is 5.16. The summed E-state index contributed by atoms with van der Waals surface area (Å²) in [5.41, 5.74) is 1.11. The van der Waals surface area contributed by atoms with Gasteiger partial charge in [-0.1, -0.05) is 0 Å². The van der Waals surface area contributed by atoms with Crippen molar-refractivity contribution in [2.75, 3.05) is 19.7 Å². The van der Waals surface area contributed by atoms with E-state index in [0.29, 0.717) is 29.4 Å². The maximum Gasteiger partial charge on any atom is 0.271 e. The van der Waals surface area contributed by atoms with Crippen LogP contribution in [0.25, 0.3) is 11.0 Å². The van der Waals surface area contributed by atoms with Crippen LogP contribution in [0.3, 0.4) is 0 Å². The average Bonchev–Trinajstić information content (AvgIpc) is 2.53. The van der Waals surface area contributed by atoms with Crippen LogP contribution in [-0.4, -0.2) is 34.6 Å². The van der Waals surface area contributed by atoms with E-state index in [1.807, 2.05) is 0 Å². The summed E-state index contributed by atoms with van der Waals surface area (Å²) >= 11 is 0. The Morgan fingerprint density at radius 2 is 2.33 bits per heavy atom. The fourth-order valence-corrected chi connectivity index (χ4v) is 2.43. The third kappa shape index (κ3) is 3.25. The van der Waals surface area contributed by atoms with Gasteiger partial charge in [-0.2, -0.15) is 0 Å². The number of benzene rings is 1. The van der Waals surface area contributed by atoms with E-state index in [0.717, 1.165) is 19.5 Å². The fourth-order valence-electron chi connectivity index (χ4n) is 2.43. The maximum absolute atomic E-state index is 10.7. The Morgan fingerprint density at radius 3 is 3.10 bits per heavy atom. The monoisotopic (exact) mass is 288 g/mol. The molecule has 7 heteroatoms. The Kier molecular flexibility index (Phi) is 3.92. The Bertz CT molecular complexity index is 656. The van der Waals surface area contributed by atoms with Crippen molar-refractivity contribution in [1.82, 2.24) is 15.3 Å². The number of hydrogen-bond acceptors (Lipinski definition) is 6. The van der Waals surface area contributed by atoms with Crippen molar-refractivity contribution >= 4 is 16.7 Å². The first-order valence-electron chi connectivity index (χ1n) is 6.97. The zero-order valence-corrected chi connectivity index (χ0v) is 11.5. The molecule has 3 rings (SSSR count). The van der Waals surface area contributed by atoms with Gasteiger partial charge in [-0.15, -0.1) is 0 Å². The summed E-state index contributed by atoms with van der Waals surface area (Å²) in [6.07, 6.45) is 3.84. The maximum atomic E-state index is 10.7. The number of aromatic nitrogens is 2. The van der Waals surface area contributed by atoms with Crippen LogP contribution < -0.4 is 10.1 Å². The van der Waals surface area contributed by atoms with Crippen molar-refractivity contribution in [2.45, 2.75) is 12.8 Å². The third-order valence-corrected chi connectivity index (χ3v) is 3.58. The minimum Gasteiger partial charge on any atom is -0.476 e. The number of non-ortho nitro benzene ring substituents is 1. The van der Waals surface area contributed by atoms with E-state index in [2.05, 4.69) is 15.3 Å². The molecule has 21 heavy (non-hydrogen) atoms. The number of nitrogens with one attached hydrogen (secondary N) is 1. The number of ether oxygens (including phenoxy) is 1. The SMILES string of the molecule is O=[N+]([O-])c1ccc2nc(OC[C@@H]3CCCNC3)cnc2c1. The zero-order chi connectivity index (χ0) is 14.7. The summed E-state index contributed by atoms with van der Waals surface area (Å²) in [6.45, 7) is 2.65. The Labute approximate surface area is 121 Å². The number of piperidine rings is 1. The molecule has 1 aliphatic rings. The van der Waals surface area contributed by atoms with E-state index in [1.54, 1.807) is 6.07 Å². The van der Waals surface area contributed by atoms with E-state index < -0.39 is 4.92 Å². The van der Waals surface area contributed by atoms with Gasteiger partial charge in [0.15, 0.2) is 0 Å². The summed E-state index contributed by atoms with van der Waals surface area (Å²) < 4.78 is 5.68. The second-order valence-corrected chi connectivity index (χ2v) is 5.16. The first-order chi connectivity index (χ1) is 10.2. The molecule has 0 unspecified atom stereocenters. The highest BCUT2D eigenvalue weighted by atomic mass is 16.6. The van der Waals surface area contributed by atoms with Crippen molar-refractivity contribution in [3.63, 3.8) is 0 Å².